The SMILES string of the molecule is COc1cc2c(c3oc4ccccc4c(=O)c13)C=CC(C)(C)O2. The number of benzene rings is 2. The molecule has 1 aliphatic rings. The van der Waals surface area contributed by atoms with Crippen LogP contribution >= 0.6 is 0 Å². The molecule has 0 bridgehead atoms. The van der Waals surface area contributed by atoms with E-state index in [1.54, 1.807) is 25.3 Å². The first-order chi connectivity index (χ1) is 11.0. The molecule has 3 aromatic rings. The standard InChI is InChI=1S/C19H16O4/c1-19(2)9-8-12-14(23-19)10-15(21-3)16-17(20)11-6-4-5-7-13(11)22-18(12)16/h4-10H,1-3H3. The van der Waals surface area contributed by atoms with Gasteiger partial charge in [0.1, 0.15) is 28.1 Å². The molecule has 1 aliphatic heterocycles. The Morgan fingerprint density at radius 3 is 2.74 bits per heavy atom. The normalized spacial score (nSPS) is 15.4. The van der Waals surface area contributed by atoms with Gasteiger partial charge in [-0.2, -0.15) is 0 Å². The zero-order valence-corrected chi connectivity index (χ0v) is 13.2. The van der Waals surface area contributed by atoms with E-state index in [-0.39, 0.29) is 5.43 Å². The summed E-state index contributed by atoms with van der Waals surface area (Å²) in [6.45, 7) is 3.94. The number of hydrogen-bond acceptors (Lipinski definition) is 4. The van der Waals surface area contributed by atoms with Gasteiger partial charge in [0.2, 0.25) is 5.43 Å². The van der Waals surface area contributed by atoms with Gasteiger partial charge in [-0.1, -0.05) is 12.1 Å². The van der Waals surface area contributed by atoms with Crippen LogP contribution in [-0.4, -0.2) is 12.7 Å². The molecule has 0 unspecified atom stereocenters. The zero-order chi connectivity index (χ0) is 16.2. The lowest BCUT2D eigenvalue weighted by molar-refractivity contribution is 0.158. The average Bonchev–Trinajstić information content (AvgIpc) is 2.53. The van der Waals surface area contributed by atoms with Crippen LogP contribution in [0.3, 0.4) is 0 Å². The lowest BCUT2D eigenvalue weighted by atomic mass is 9.99. The van der Waals surface area contributed by atoms with Crippen molar-refractivity contribution >= 4 is 28.0 Å². The van der Waals surface area contributed by atoms with Gasteiger partial charge in [-0.15, -0.1) is 0 Å². The molecule has 116 valence electrons. The molecule has 4 nitrogen and oxygen atoms in total. The predicted molar refractivity (Wildman–Crippen MR) is 90.3 cm³/mol. The summed E-state index contributed by atoms with van der Waals surface area (Å²) >= 11 is 0. The Balaban J connectivity index is 2.20. The molecule has 1 aromatic heterocycles. The van der Waals surface area contributed by atoms with Crippen molar-refractivity contribution in [2.24, 2.45) is 0 Å². The van der Waals surface area contributed by atoms with Crippen LogP contribution in [0.25, 0.3) is 28.0 Å². The van der Waals surface area contributed by atoms with Gasteiger partial charge >= 0.3 is 0 Å². The highest BCUT2D eigenvalue weighted by atomic mass is 16.5. The van der Waals surface area contributed by atoms with Crippen molar-refractivity contribution in [3.63, 3.8) is 0 Å². The number of ether oxygens (including phenoxy) is 2. The first-order valence-electron chi connectivity index (χ1n) is 7.45. The number of para-hydroxylation sites is 1. The van der Waals surface area contributed by atoms with Crippen LogP contribution in [0.15, 0.2) is 45.6 Å². The van der Waals surface area contributed by atoms with E-state index in [1.807, 2.05) is 38.1 Å². The zero-order valence-electron chi connectivity index (χ0n) is 13.2. The van der Waals surface area contributed by atoms with Crippen LogP contribution in [0.4, 0.5) is 0 Å². The molecule has 0 radical (unpaired) electrons. The predicted octanol–water partition coefficient (Wildman–Crippen LogP) is 4.14. The molecule has 2 aromatic carbocycles. The minimum atomic E-state index is -0.414. The van der Waals surface area contributed by atoms with Crippen molar-refractivity contribution in [1.82, 2.24) is 0 Å². The summed E-state index contributed by atoms with van der Waals surface area (Å²) in [5.41, 5.74) is 1.30. The fourth-order valence-electron chi connectivity index (χ4n) is 2.94. The molecule has 0 fully saturated rings. The van der Waals surface area contributed by atoms with Crippen molar-refractivity contribution in [1.29, 1.82) is 0 Å². The summed E-state index contributed by atoms with van der Waals surface area (Å²) in [6, 6.07) is 8.98. The highest BCUT2D eigenvalue weighted by Gasteiger charge is 2.26. The van der Waals surface area contributed by atoms with Gasteiger partial charge < -0.3 is 13.9 Å². The van der Waals surface area contributed by atoms with E-state index in [4.69, 9.17) is 13.9 Å². The molecule has 0 atom stereocenters. The van der Waals surface area contributed by atoms with Gasteiger partial charge in [0.15, 0.2) is 5.58 Å². The molecule has 23 heavy (non-hydrogen) atoms. The van der Waals surface area contributed by atoms with Crippen molar-refractivity contribution in [2.75, 3.05) is 7.11 Å². The van der Waals surface area contributed by atoms with Gasteiger partial charge in [-0.05, 0) is 38.1 Å². The van der Waals surface area contributed by atoms with Crippen LogP contribution < -0.4 is 14.9 Å². The molecule has 0 amide bonds. The van der Waals surface area contributed by atoms with Crippen molar-refractivity contribution in [3.05, 3.63) is 52.2 Å². The third kappa shape index (κ3) is 2.02. The molecule has 0 saturated carbocycles. The largest absolute Gasteiger partial charge is 0.496 e. The molecular weight excluding hydrogens is 292 g/mol. The van der Waals surface area contributed by atoms with Crippen LogP contribution in [0.5, 0.6) is 11.5 Å². The van der Waals surface area contributed by atoms with Crippen molar-refractivity contribution in [3.8, 4) is 11.5 Å². The van der Waals surface area contributed by atoms with E-state index in [0.29, 0.717) is 33.4 Å². The molecule has 4 heteroatoms. The molecule has 4 rings (SSSR count). The van der Waals surface area contributed by atoms with Gasteiger partial charge in [0, 0.05) is 6.07 Å². The summed E-state index contributed by atoms with van der Waals surface area (Å²) in [5.74, 6) is 1.12. The number of hydrogen-bond donors (Lipinski definition) is 0. The summed E-state index contributed by atoms with van der Waals surface area (Å²) < 4.78 is 17.4. The Labute approximate surface area is 132 Å². The van der Waals surface area contributed by atoms with Crippen LogP contribution in [0, 0.1) is 0 Å². The fourth-order valence-corrected chi connectivity index (χ4v) is 2.94. The van der Waals surface area contributed by atoms with E-state index in [0.717, 1.165) is 5.56 Å². The second kappa shape index (κ2) is 4.62. The van der Waals surface area contributed by atoms with E-state index in [9.17, 15) is 4.79 Å². The minimum Gasteiger partial charge on any atom is -0.496 e. The number of rotatable bonds is 1. The van der Waals surface area contributed by atoms with Gasteiger partial charge in [0.25, 0.3) is 0 Å². The second-order valence-electron chi connectivity index (χ2n) is 6.16. The van der Waals surface area contributed by atoms with E-state index >= 15 is 0 Å². The lowest BCUT2D eigenvalue weighted by Crippen LogP contribution is -2.27. The van der Waals surface area contributed by atoms with E-state index < -0.39 is 5.60 Å². The van der Waals surface area contributed by atoms with Crippen molar-refractivity contribution < 1.29 is 13.9 Å². The topological polar surface area (TPSA) is 48.7 Å². The Hall–Kier alpha value is -2.75. The molecule has 0 spiro atoms. The first kappa shape index (κ1) is 13.9. The van der Waals surface area contributed by atoms with Crippen LogP contribution in [-0.2, 0) is 0 Å². The van der Waals surface area contributed by atoms with Crippen molar-refractivity contribution in [2.45, 2.75) is 19.4 Å². The van der Waals surface area contributed by atoms with Crippen LogP contribution in [0.2, 0.25) is 0 Å². The Morgan fingerprint density at radius 2 is 1.96 bits per heavy atom. The minimum absolute atomic E-state index is 0.0975. The molecule has 0 saturated heterocycles. The highest BCUT2D eigenvalue weighted by Crippen LogP contribution is 2.40. The van der Waals surface area contributed by atoms with Gasteiger partial charge in [-0.3, -0.25) is 4.79 Å². The Morgan fingerprint density at radius 1 is 1.17 bits per heavy atom. The number of fused-ring (bicyclic) bond motifs is 4. The lowest BCUT2D eigenvalue weighted by Gasteiger charge is -2.28. The third-order valence-electron chi connectivity index (χ3n) is 4.06. The number of methoxy groups -OCH3 is 1. The summed E-state index contributed by atoms with van der Waals surface area (Å²) in [7, 11) is 1.54. The Bertz CT molecular complexity index is 1020. The maximum atomic E-state index is 12.9. The Kier molecular flexibility index (Phi) is 2.79. The highest BCUT2D eigenvalue weighted by molar-refractivity contribution is 5.99. The summed E-state index contributed by atoms with van der Waals surface area (Å²) in [5, 5.41) is 0.984. The fraction of sp³-hybridized carbons (Fsp3) is 0.211. The molecular formula is C19H16O4. The summed E-state index contributed by atoms with van der Waals surface area (Å²) in [4.78, 5) is 12.9. The molecule has 0 aliphatic carbocycles. The molecule has 2 heterocycles. The third-order valence-corrected chi connectivity index (χ3v) is 4.06. The monoisotopic (exact) mass is 308 g/mol. The average molecular weight is 308 g/mol. The summed E-state index contributed by atoms with van der Waals surface area (Å²) in [6.07, 6.45) is 3.90. The van der Waals surface area contributed by atoms with E-state index in [1.165, 1.54) is 0 Å². The second-order valence-corrected chi connectivity index (χ2v) is 6.16. The van der Waals surface area contributed by atoms with Gasteiger partial charge in [-0.25, -0.2) is 0 Å². The maximum Gasteiger partial charge on any atom is 0.204 e. The van der Waals surface area contributed by atoms with Gasteiger partial charge in [0.05, 0.1) is 18.1 Å². The smallest absolute Gasteiger partial charge is 0.204 e. The quantitative estimate of drug-likeness (QED) is 0.634. The molecule has 0 N–H and O–H groups in total. The maximum absolute atomic E-state index is 12.9. The van der Waals surface area contributed by atoms with Crippen LogP contribution in [0.1, 0.15) is 19.4 Å². The van der Waals surface area contributed by atoms with E-state index in [2.05, 4.69) is 0 Å². The first-order valence-corrected chi connectivity index (χ1v) is 7.45.